The summed E-state index contributed by atoms with van der Waals surface area (Å²) in [6.07, 6.45) is 6.65. The molecule has 3 aromatic rings. The predicted octanol–water partition coefficient (Wildman–Crippen LogP) is 6.60. The lowest BCUT2D eigenvalue weighted by molar-refractivity contribution is 0.104. The first-order valence-corrected chi connectivity index (χ1v) is 11.3. The normalized spacial score (nSPS) is 11.0. The van der Waals surface area contributed by atoms with Gasteiger partial charge in [-0.25, -0.2) is 4.39 Å². The Morgan fingerprint density at radius 3 is 2.06 bits per heavy atom. The number of rotatable bonds is 10. The lowest BCUT2D eigenvalue weighted by Gasteiger charge is -2.13. The standard InChI is InChI=1S/C27H25BrFNO5/c1-32-24-14-18(15-25(33-2)27(24)35-4)9-8-17-12-21(28)26(34-3)22(13-17)30-11-10-23(31)19-6-5-7-20(29)16-19/h5-16,30H,1-4H3/b9-8-,11-10-. The fourth-order valence-corrected chi connectivity index (χ4v) is 4.00. The number of hydrogen-bond acceptors (Lipinski definition) is 6. The molecule has 8 heteroatoms. The Hall–Kier alpha value is -3.78. The quantitative estimate of drug-likeness (QED) is 0.177. The van der Waals surface area contributed by atoms with E-state index >= 15 is 0 Å². The maximum absolute atomic E-state index is 13.4. The van der Waals surface area contributed by atoms with Gasteiger partial charge in [0.05, 0.1) is 38.6 Å². The van der Waals surface area contributed by atoms with Gasteiger partial charge >= 0.3 is 0 Å². The van der Waals surface area contributed by atoms with Crippen LogP contribution in [0, 0.1) is 5.82 Å². The van der Waals surface area contributed by atoms with E-state index in [1.807, 2.05) is 36.4 Å². The number of nitrogens with one attached hydrogen (secondary N) is 1. The molecule has 0 bridgehead atoms. The highest BCUT2D eigenvalue weighted by Gasteiger charge is 2.13. The van der Waals surface area contributed by atoms with Gasteiger partial charge in [0.1, 0.15) is 5.82 Å². The number of ketones is 1. The van der Waals surface area contributed by atoms with Crippen molar-refractivity contribution in [2.24, 2.45) is 0 Å². The van der Waals surface area contributed by atoms with Crippen molar-refractivity contribution < 1.29 is 28.1 Å². The van der Waals surface area contributed by atoms with Gasteiger partial charge in [0.25, 0.3) is 0 Å². The third kappa shape index (κ3) is 6.42. The van der Waals surface area contributed by atoms with Crippen molar-refractivity contribution in [2.45, 2.75) is 0 Å². The lowest BCUT2D eigenvalue weighted by atomic mass is 10.1. The first kappa shape index (κ1) is 25.8. The average Bonchev–Trinajstić information content (AvgIpc) is 2.86. The second kappa shape index (κ2) is 12.1. The Balaban J connectivity index is 1.85. The van der Waals surface area contributed by atoms with Crippen LogP contribution in [0.4, 0.5) is 10.1 Å². The molecule has 0 aromatic heterocycles. The number of allylic oxidation sites excluding steroid dienone is 1. The molecule has 182 valence electrons. The first-order valence-electron chi connectivity index (χ1n) is 10.5. The molecule has 0 saturated heterocycles. The summed E-state index contributed by atoms with van der Waals surface area (Å²) in [5, 5.41) is 3.07. The van der Waals surface area contributed by atoms with E-state index in [1.54, 1.807) is 34.5 Å². The topological polar surface area (TPSA) is 66.0 Å². The van der Waals surface area contributed by atoms with Crippen LogP contribution in [0.15, 0.2) is 65.3 Å². The number of carbonyl (C=O) groups excluding carboxylic acids is 1. The van der Waals surface area contributed by atoms with E-state index in [-0.39, 0.29) is 11.3 Å². The molecule has 0 aliphatic rings. The van der Waals surface area contributed by atoms with Gasteiger partial charge in [0.15, 0.2) is 23.0 Å². The summed E-state index contributed by atoms with van der Waals surface area (Å²) in [5.41, 5.74) is 2.60. The van der Waals surface area contributed by atoms with Gasteiger partial charge in [-0.05, 0) is 63.5 Å². The van der Waals surface area contributed by atoms with Crippen LogP contribution in [0.5, 0.6) is 23.0 Å². The summed E-state index contributed by atoms with van der Waals surface area (Å²) in [7, 11) is 6.24. The fraction of sp³-hybridized carbons (Fsp3) is 0.148. The monoisotopic (exact) mass is 541 g/mol. The van der Waals surface area contributed by atoms with Crippen LogP contribution in [0.3, 0.4) is 0 Å². The molecule has 0 aliphatic carbocycles. The fourth-order valence-electron chi connectivity index (χ4n) is 3.36. The maximum atomic E-state index is 13.4. The highest BCUT2D eigenvalue weighted by atomic mass is 79.9. The van der Waals surface area contributed by atoms with E-state index in [0.717, 1.165) is 15.6 Å². The molecular weight excluding hydrogens is 517 g/mol. The molecule has 0 heterocycles. The maximum Gasteiger partial charge on any atom is 0.203 e. The summed E-state index contributed by atoms with van der Waals surface area (Å²) >= 11 is 3.53. The molecular formula is C27H25BrFNO5. The summed E-state index contributed by atoms with van der Waals surface area (Å²) in [6, 6.07) is 13.0. The number of hydrogen-bond donors (Lipinski definition) is 1. The molecule has 0 unspecified atom stereocenters. The Kier molecular flexibility index (Phi) is 8.92. The minimum Gasteiger partial charge on any atom is -0.493 e. The van der Waals surface area contributed by atoms with Gasteiger partial charge in [0, 0.05) is 17.8 Å². The van der Waals surface area contributed by atoms with E-state index in [2.05, 4.69) is 21.2 Å². The predicted molar refractivity (Wildman–Crippen MR) is 139 cm³/mol. The molecule has 3 aromatic carbocycles. The molecule has 1 N–H and O–H groups in total. The summed E-state index contributed by atoms with van der Waals surface area (Å²) in [5.74, 6) is 1.40. The van der Waals surface area contributed by atoms with Crippen molar-refractivity contribution in [2.75, 3.05) is 33.8 Å². The summed E-state index contributed by atoms with van der Waals surface area (Å²) in [6.45, 7) is 0. The van der Waals surface area contributed by atoms with E-state index in [9.17, 15) is 9.18 Å². The number of ether oxygens (including phenoxy) is 4. The molecule has 0 atom stereocenters. The average molecular weight is 542 g/mol. The molecule has 0 fully saturated rings. The van der Waals surface area contributed by atoms with Crippen LogP contribution in [-0.2, 0) is 0 Å². The van der Waals surface area contributed by atoms with Crippen molar-refractivity contribution in [3.63, 3.8) is 0 Å². The molecule has 3 rings (SSSR count). The van der Waals surface area contributed by atoms with Gasteiger partial charge in [-0.1, -0.05) is 24.3 Å². The Morgan fingerprint density at radius 2 is 1.49 bits per heavy atom. The number of halogens is 2. The first-order chi connectivity index (χ1) is 16.9. The number of carbonyl (C=O) groups is 1. The molecule has 0 spiro atoms. The van der Waals surface area contributed by atoms with E-state index < -0.39 is 5.82 Å². The Bertz CT molecular complexity index is 1250. The largest absolute Gasteiger partial charge is 0.493 e. The SMILES string of the molecule is COc1cc(/C=C\c2cc(Br)c(OC)c(N/C=C\C(=O)c3cccc(F)c3)c2)cc(OC)c1OC. The second-order valence-corrected chi connectivity index (χ2v) is 8.08. The van der Waals surface area contributed by atoms with Crippen LogP contribution in [0.2, 0.25) is 0 Å². The number of methoxy groups -OCH3 is 4. The van der Waals surface area contributed by atoms with Crippen LogP contribution in [0.25, 0.3) is 12.2 Å². The van der Waals surface area contributed by atoms with E-state index in [4.69, 9.17) is 18.9 Å². The van der Waals surface area contributed by atoms with Crippen molar-refractivity contribution in [1.29, 1.82) is 0 Å². The van der Waals surface area contributed by atoms with Crippen LogP contribution in [-0.4, -0.2) is 34.2 Å². The van der Waals surface area contributed by atoms with Crippen LogP contribution < -0.4 is 24.3 Å². The molecule has 0 amide bonds. The third-order valence-corrected chi connectivity index (χ3v) is 5.60. The zero-order valence-corrected chi connectivity index (χ0v) is 21.3. The van der Waals surface area contributed by atoms with Gasteiger partial charge < -0.3 is 24.3 Å². The van der Waals surface area contributed by atoms with E-state index in [1.165, 1.54) is 30.5 Å². The van der Waals surface area contributed by atoms with Gasteiger partial charge in [-0.2, -0.15) is 0 Å². The van der Waals surface area contributed by atoms with Crippen LogP contribution >= 0.6 is 15.9 Å². The minimum absolute atomic E-state index is 0.262. The van der Waals surface area contributed by atoms with E-state index in [0.29, 0.717) is 28.7 Å². The zero-order chi connectivity index (χ0) is 25.4. The summed E-state index contributed by atoms with van der Waals surface area (Å²) < 4.78 is 35.8. The molecule has 35 heavy (non-hydrogen) atoms. The lowest BCUT2D eigenvalue weighted by Crippen LogP contribution is -1.99. The minimum atomic E-state index is -0.464. The highest BCUT2D eigenvalue weighted by Crippen LogP contribution is 2.39. The van der Waals surface area contributed by atoms with Crippen molar-refractivity contribution in [1.82, 2.24) is 0 Å². The smallest absolute Gasteiger partial charge is 0.203 e. The van der Waals surface area contributed by atoms with Crippen LogP contribution in [0.1, 0.15) is 21.5 Å². The summed E-state index contributed by atoms with van der Waals surface area (Å²) in [4.78, 5) is 12.3. The highest BCUT2D eigenvalue weighted by molar-refractivity contribution is 9.10. The molecule has 0 aliphatic heterocycles. The van der Waals surface area contributed by atoms with Gasteiger partial charge in [-0.3, -0.25) is 4.79 Å². The number of benzene rings is 3. The number of anilines is 1. The molecule has 0 radical (unpaired) electrons. The van der Waals surface area contributed by atoms with Crippen molar-refractivity contribution in [3.8, 4) is 23.0 Å². The third-order valence-electron chi connectivity index (χ3n) is 5.01. The van der Waals surface area contributed by atoms with Gasteiger partial charge in [-0.15, -0.1) is 0 Å². The Labute approximate surface area is 212 Å². The van der Waals surface area contributed by atoms with Gasteiger partial charge in [0.2, 0.25) is 5.75 Å². The molecule has 0 saturated carbocycles. The van der Waals surface area contributed by atoms with Crippen molar-refractivity contribution >= 4 is 39.6 Å². The van der Waals surface area contributed by atoms with Crippen molar-refractivity contribution in [3.05, 3.63) is 87.8 Å². The molecule has 6 nitrogen and oxygen atoms in total. The Morgan fingerprint density at radius 1 is 0.857 bits per heavy atom. The second-order valence-electron chi connectivity index (χ2n) is 7.23. The zero-order valence-electron chi connectivity index (χ0n) is 19.7.